The maximum atomic E-state index is 12.8. The minimum absolute atomic E-state index is 0.0197. The Kier molecular flexibility index (Phi) is 26.5. The fourth-order valence-corrected chi connectivity index (χ4v) is 4.74. The molecule has 0 fully saturated rings. The number of unbranched alkanes of at least 4 members (excludes halogenated alkanes) is 2. The first-order valence-corrected chi connectivity index (χ1v) is 19.7. The van der Waals surface area contributed by atoms with Gasteiger partial charge in [-0.05, 0) is 105 Å². The minimum atomic E-state index is -0.730. The number of benzene rings is 3. The number of ether oxygens (including phenoxy) is 10. The van der Waals surface area contributed by atoms with Crippen molar-refractivity contribution in [2.75, 3.05) is 60.0 Å². The van der Waals surface area contributed by atoms with E-state index in [-0.39, 0.29) is 55.7 Å². The van der Waals surface area contributed by atoms with E-state index < -0.39 is 42.1 Å². The molecule has 3 aromatic rings. The summed E-state index contributed by atoms with van der Waals surface area (Å²) in [6, 6.07) is 18.3. The molecular weight excluding hydrogens is 821 g/mol. The number of methoxy groups -OCH3 is 1. The van der Waals surface area contributed by atoms with Gasteiger partial charge in [-0.2, -0.15) is 0 Å². The Morgan fingerprint density at radius 3 is 1.24 bits per heavy atom. The first-order valence-electron chi connectivity index (χ1n) is 19.7. The van der Waals surface area contributed by atoms with Crippen LogP contribution in [0.25, 0.3) is 0 Å². The van der Waals surface area contributed by atoms with Crippen LogP contribution in [0.3, 0.4) is 0 Å². The molecule has 0 aromatic heterocycles. The highest BCUT2D eigenvalue weighted by atomic mass is 16.6. The van der Waals surface area contributed by atoms with E-state index in [0.717, 1.165) is 31.1 Å². The molecular formula is C47H54O16. The van der Waals surface area contributed by atoms with Crippen LogP contribution in [-0.4, -0.2) is 108 Å². The van der Waals surface area contributed by atoms with Crippen LogP contribution in [0.1, 0.15) is 46.4 Å². The summed E-state index contributed by atoms with van der Waals surface area (Å²) in [7, 11) is 1.63. The van der Waals surface area contributed by atoms with E-state index in [9.17, 15) is 24.0 Å². The van der Waals surface area contributed by atoms with Crippen molar-refractivity contribution in [2.24, 2.45) is 0 Å². The van der Waals surface area contributed by atoms with Crippen LogP contribution >= 0.6 is 0 Å². The smallest absolute Gasteiger partial charge is 0.343 e. The zero-order valence-electron chi connectivity index (χ0n) is 35.3. The molecule has 16 nitrogen and oxygen atoms in total. The molecule has 2 unspecified atom stereocenters. The van der Waals surface area contributed by atoms with Gasteiger partial charge in [-0.15, -0.1) is 0 Å². The minimum Gasteiger partial charge on any atom is -0.490 e. The van der Waals surface area contributed by atoms with Gasteiger partial charge in [-0.25, -0.2) is 24.0 Å². The molecule has 0 heterocycles. The number of hydrogen-bond donors (Lipinski definition) is 0. The number of rotatable bonds is 30. The molecule has 0 saturated heterocycles. The van der Waals surface area contributed by atoms with Crippen molar-refractivity contribution in [2.45, 2.75) is 37.9 Å². The first kappa shape index (κ1) is 52.3. The Morgan fingerprint density at radius 1 is 0.508 bits per heavy atom. The quantitative estimate of drug-likeness (QED) is 0.0178. The number of carbonyl (C=O) groups is 6. The maximum Gasteiger partial charge on any atom is 0.343 e. The summed E-state index contributed by atoms with van der Waals surface area (Å²) in [6.45, 7) is 15.2. The monoisotopic (exact) mass is 874 g/mol. The van der Waals surface area contributed by atoms with Gasteiger partial charge in [0.15, 0.2) is 12.2 Å². The summed E-state index contributed by atoms with van der Waals surface area (Å²) < 4.78 is 54.3. The van der Waals surface area contributed by atoms with Crippen LogP contribution in [0.5, 0.6) is 23.0 Å². The van der Waals surface area contributed by atoms with Crippen molar-refractivity contribution < 1.29 is 76.1 Å². The van der Waals surface area contributed by atoms with Gasteiger partial charge < -0.3 is 47.4 Å². The second kappa shape index (κ2) is 31.9. The normalized spacial score (nSPS) is 11.1. The van der Waals surface area contributed by atoms with Crippen LogP contribution in [0, 0.1) is 0 Å². The molecule has 63 heavy (non-hydrogen) atoms. The van der Waals surface area contributed by atoms with Gasteiger partial charge in [0.05, 0.1) is 30.9 Å². The zero-order valence-corrected chi connectivity index (χ0v) is 35.3. The lowest BCUT2D eigenvalue weighted by atomic mass is 10.1. The van der Waals surface area contributed by atoms with Crippen LogP contribution in [0.15, 0.2) is 123 Å². The fraction of sp³-hybridized carbons (Fsp3) is 0.319. The van der Waals surface area contributed by atoms with Crippen molar-refractivity contribution in [1.29, 1.82) is 0 Å². The summed E-state index contributed by atoms with van der Waals surface area (Å²) in [5.74, 6) is -1.65. The van der Waals surface area contributed by atoms with E-state index in [1.54, 1.807) is 43.5 Å². The third-order valence-electron chi connectivity index (χ3n) is 7.88. The van der Waals surface area contributed by atoms with Crippen molar-refractivity contribution in [1.82, 2.24) is 0 Å². The van der Waals surface area contributed by atoms with Crippen LogP contribution in [0.2, 0.25) is 0 Å². The van der Waals surface area contributed by atoms with Gasteiger partial charge >= 0.3 is 29.8 Å². The van der Waals surface area contributed by atoms with E-state index in [4.69, 9.17) is 52.2 Å². The lowest BCUT2D eigenvalue weighted by molar-refractivity contribution is -0.148. The summed E-state index contributed by atoms with van der Waals surface area (Å²) in [5.41, 5.74) is 0.396. The number of hydrogen-bond acceptors (Lipinski definition) is 16. The van der Waals surface area contributed by atoms with E-state index in [2.05, 4.69) is 26.3 Å². The maximum absolute atomic E-state index is 12.8. The molecule has 0 aliphatic heterocycles. The summed E-state index contributed by atoms with van der Waals surface area (Å²) in [4.78, 5) is 69.4. The van der Waals surface area contributed by atoms with E-state index in [1.807, 2.05) is 0 Å². The number of esters is 5. The summed E-state index contributed by atoms with van der Waals surface area (Å²) in [6.07, 6.45) is 6.49. The van der Waals surface area contributed by atoms with Crippen LogP contribution in [0.4, 0.5) is 0 Å². The van der Waals surface area contributed by atoms with Crippen molar-refractivity contribution in [3.63, 3.8) is 0 Å². The van der Waals surface area contributed by atoms with Crippen molar-refractivity contribution in [3.8, 4) is 23.0 Å². The molecule has 3 rings (SSSR count). The molecule has 0 N–H and O–H groups in total. The zero-order chi connectivity index (χ0) is 46.1. The third-order valence-corrected chi connectivity index (χ3v) is 7.88. The highest BCUT2D eigenvalue weighted by Crippen LogP contribution is 2.21. The molecule has 0 spiro atoms. The molecule has 0 aliphatic rings. The van der Waals surface area contributed by atoms with Gasteiger partial charge in [-0.3, -0.25) is 4.79 Å². The van der Waals surface area contributed by atoms with Crippen LogP contribution in [-0.2, 0) is 47.6 Å². The Hall–Kier alpha value is -6.88. The predicted octanol–water partition coefficient (Wildman–Crippen LogP) is 6.42. The summed E-state index contributed by atoms with van der Waals surface area (Å²) in [5, 5.41) is 0. The van der Waals surface area contributed by atoms with E-state index in [1.165, 1.54) is 42.5 Å². The van der Waals surface area contributed by atoms with E-state index in [0.29, 0.717) is 50.4 Å². The Morgan fingerprint density at radius 2 is 0.873 bits per heavy atom. The molecule has 0 bridgehead atoms. The standard InChI is InChI=1S/C44H50O15.C3H4O/c1-5-40(45)53-27-11-10-26-52-29-39(57-42(47)7-3)31-55-35-18-22-37(23-19-35)59-44(49)33-14-12-32(13-15-33)43(48)58-36-20-16-34(17-21-36)54-30-38(56-41(46)6-2)28-51-25-9-8-24-50-4;1-2-3-4/h5-7,12-23,38-39H,1-3,8-11,24-31H2,4H3;2-3H,1H2. The highest BCUT2D eigenvalue weighted by molar-refractivity contribution is 5.95. The first-order chi connectivity index (χ1) is 30.5. The van der Waals surface area contributed by atoms with Crippen LogP contribution < -0.4 is 18.9 Å². The van der Waals surface area contributed by atoms with Gasteiger partial charge in [0.2, 0.25) is 0 Å². The van der Waals surface area contributed by atoms with E-state index >= 15 is 0 Å². The molecule has 3 aromatic carbocycles. The molecule has 0 amide bonds. The molecule has 0 saturated carbocycles. The molecule has 0 aliphatic carbocycles. The average molecular weight is 875 g/mol. The van der Waals surface area contributed by atoms with Gasteiger partial charge in [0.25, 0.3) is 0 Å². The second-order valence-corrected chi connectivity index (χ2v) is 12.7. The number of aldehydes is 1. The second-order valence-electron chi connectivity index (χ2n) is 12.7. The van der Waals surface area contributed by atoms with Gasteiger partial charge in [0, 0.05) is 45.2 Å². The number of carbonyl (C=O) groups excluding carboxylic acids is 6. The SMILES string of the molecule is C=CC(=O)OCCCCOCC(COc1ccc(OC(=O)c2ccc(C(=O)Oc3ccc(OCC(COCCCCOC)OC(=O)C=C)cc3)cc2)cc1)OC(=O)C=C.C=CC=O. The number of allylic oxidation sites excluding steroid dienone is 1. The largest absolute Gasteiger partial charge is 0.490 e. The van der Waals surface area contributed by atoms with Gasteiger partial charge in [-0.1, -0.05) is 26.3 Å². The Balaban J connectivity index is 0.00000326. The lowest BCUT2D eigenvalue weighted by Gasteiger charge is -2.18. The molecule has 16 heteroatoms. The third kappa shape index (κ3) is 23.1. The molecule has 0 radical (unpaired) electrons. The Bertz CT molecular complexity index is 1880. The molecule has 2 atom stereocenters. The summed E-state index contributed by atoms with van der Waals surface area (Å²) >= 11 is 0. The van der Waals surface area contributed by atoms with Crippen molar-refractivity contribution in [3.05, 3.63) is 135 Å². The Labute approximate surface area is 366 Å². The molecule has 338 valence electrons. The van der Waals surface area contributed by atoms with Gasteiger partial charge in [0.1, 0.15) is 42.5 Å². The lowest BCUT2D eigenvalue weighted by Crippen LogP contribution is -2.29. The fourth-order valence-electron chi connectivity index (χ4n) is 4.74. The highest BCUT2D eigenvalue weighted by Gasteiger charge is 2.17. The topological polar surface area (TPSA) is 195 Å². The van der Waals surface area contributed by atoms with Crippen molar-refractivity contribution >= 4 is 36.1 Å². The predicted molar refractivity (Wildman–Crippen MR) is 230 cm³/mol. The average Bonchev–Trinajstić information content (AvgIpc) is 3.31.